The summed E-state index contributed by atoms with van der Waals surface area (Å²) >= 11 is 0. The molecule has 6 heteroatoms. The lowest BCUT2D eigenvalue weighted by atomic mass is 9.70. The van der Waals surface area contributed by atoms with Gasteiger partial charge < -0.3 is 20.1 Å². The van der Waals surface area contributed by atoms with Crippen LogP contribution >= 0.6 is 0 Å². The van der Waals surface area contributed by atoms with Crippen molar-refractivity contribution in [1.82, 2.24) is 0 Å². The first-order chi connectivity index (χ1) is 18.7. The van der Waals surface area contributed by atoms with Crippen LogP contribution in [0.4, 0.5) is 0 Å². The van der Waals surface area contributed by atoms with Gasteiger partial charge in [-0.2, -0.15) is 0 Å². The van der Waals surface area contributed by atoms with Gasteiger partial charge in [0.2, 0.25) is 0 Å². The summed E-state index contributed by atoms with van der Waals surface area (Å²) < 4.78 is 6.54. The van der Waals surface area contributed by atoms with E-state index in [1.165, 1.54) is 6.07 Å². The number of hydrogen-bond donors (Lipinski definition) is 3. The number of carbonyl (C=O) groups excluding carboxylic acids is 1. The number of carboxylic acid groups (broad SMARTS) is 1. The summed E-state index contributed by atoms with van der Waals surface area (Å²) in [6.07, 6.45) is 5.74. The van der Waals surface area contributed by atoms with Gasteiger partial charge in [-0.05, 0) is 78.3 Å². The third-order valence-corrected chi connectivity index (χ3v) is 7.48. The highest BCUT2D eigenvalue weighted by Gasteiger charge is 2.53. The van der Waals surface area contributed by atoms with Gasteiger partial charge in [0, 0.05) is 16.7 Å². The summed E-state index contributed by atoms with van der Waals surface area (Å²) in [5, 5.41) is 31.5. The molecular formula is C33H38O6. The minimum Gasteiger partial charge on any atom is -0.508 e. The predicted molar refractivity (Wildman–Crippen MR) is 151 cm³/mol. The predicted octanol–water partition coefficient (Wildman–Crippen LogP) is 7.07. The van der Waals surface area contributed by atoms with E-state index in [4.69, 9.17) is 4.74 Å². The van der Waals surface area contributed by atoms with Gasteiger partial charge in [0.05, 0.1) is 11.1 Å². The Balaban J connectivity index is 2.29. The Bertz CT molecular complexity index is 1280. The third kappa shape index (κ3) is 4.88. The molecule has 39 heavy (non-hydrogen) atoms. The number of aromatic hydroxyl groups is 2. The summed E-state index contributed by atoms with van der Waals surface area (Å²) in [4.78, 5) is 26.1. The third-order valence-electron chi connectivity index (χ3n) is 7.48. The molecule has 4 rings (SSSR count). The molecule has 206 valence electrons. The van der Waals surface area contributed by atoms with Crippen LogP contribution in [0.25, 0.3) is 0 Å². The number of phenols is 2. The molecule has 6 nitrogen and oxygen atoms in total. The Labute approximate surface area is 230 Å². The van der Waals surface area contributed by atoms with E-state index in [1.54, 1.807) is 36.4 Å². The number of cyclic esters (lactones) is 1. The van der Waals surface area contributed by atoms with Gasteiger partial charge in [-0.1, -0.05) is 65.5 Å². The van der Waals surface area contributed by atoms with Crippen LogP contribution in [0, 0.1) is 0 Å². The monoisotopic (exact) mass is 530 g/mol. The molecule has 0 fully saturated rings. The molecule has 0 aliphatic carbocycles. The van der Waals surface area contributed by atoms with Crippen molar-refractivity contribution < 1.29 is 29.6 Å². The van der Waals surface area contributed by atoms with E-state index in [0.717, 1.165) is 59.1 Å². The summed E-state index contributed by atoms with van der Waals surface area (Å²) in [6, 6.07) is 11.9. The van der Waals surface area contributed by atoms with E-state index < -0.39 is 17.5 Å². The van der Waals surface area contributed by atoms with Crippen molar-refractivity contribution >= 4 is 11.9 Å². The van der Waals surface area contributed by atoms with Crippen LogP contribution in [0.5, 0.6) is 11.5 Å². The number of phenolic OH excluding ortho intramolecular Hbond substituents is 2. The Morgan fingerprint density at radius 3 is 1.51 bits per heavy atom. The number of fused-ring (bicyclic) bond motifs is 1. The van der Waals surface area contributed by atoms with Crippen molar-refractivity contribution in [3.05, 3.63) is 92.5 Å². The second-order valence-electron chi connectivity index (χ2n) is 10.4. The van der Waals surface area contributed by atoms with Crippen LogP contribution in [-0.4, -0.2) is 27.3 Å². The zero-order valence-corrected chi connectivity index (χ0v) is 23.3. The largest absolute Gasteiger partial charge is 0.508 e. The Kier molecular flexibility index (Phi) is 8.34. The molecule has 0 aromatic heterocycles. The molecule has 0 bridgehead atoms. The van der Waals surface area contributed by atoms with E-state index in [-0.39, 0.29) is 22.6 Å². The summed E-state index contributed by atoms with van der Waals surface area (Å²) in [5.41, 5.74) is 4.05. The Hall–Kier alpha value is -3.80. The fourth-order valence-electron chi connectivity index (χ4n) is 6.25. The van der Waals surface area contributed by atoms with Gasteiger partial charge in [0.15, 0.2) is 5.60 Å². The van der Waals surface area contributed by atoms with Gasteiger partial charge in [-0.25, -0.2) is 9.59 Å². The Morgan fingerprint density at radius 2 is 1.15 bits per heavy atom. The molecular weight excluding hydrogens is 492 g/mol. The molecule has 1 aliphatic rings. The molecule has 0 saturated carbocycles. The van der Waals surface area contributed by atoms with Gasteiger partial charge in [-0.15, -0.1) is 0 Å². The van der Waals surface area contributed by atoms with E-state index in [0.29, 0.717) is 31.2 Å². The van der Waals surface area contributed by atoms with Crippen LogP contribution in [0.15, 0.2) is 42.5 Å². The maximum absolute atomic E-state index is 13.8. The molecule has 0 spiro atoms. The molecule has 0 unspecified atom stereocenters. The average Bonchev–Trinajstić information content (AvgIpc) is 3.17. The first kappa shape index (κ1) is 28.2. The van der Waals surface area contributed by atoms with Crippen molar-refractivity contribution in [2.45, 2.75) is 84.7 Å². The standard InChI is InChI=1S/C33H38O6/c1-5-10-20-16-24(34)17-21(11-6-2)29(20)33(27-15-9-14-26(31(36)37)28(27)32(38)39-33)30-22(12-7-3)18-25(35)19-23(30)13-8-4/h9,14-19,34-35H,5-8,10-13H2,1-4H3,(H,36,37). The molecule has 0 saturated heterocycles. The number of rotatable bonds is 11. The highest BCUT2D eigenvalue weighted by Crippen LogP contribution is 2.53. The fourth-order valence-corrected chi connectivity index (χ4v) is 6.25. The van der Waals surface area contributed by atoms with Crippen LogP contribution in [0.3, 0.4) is 0 Å². The Morgan fingerprint density at radius 1 is 0.744 bits per heavy atom. The summed E-state index contributed by atoms with van der Waals surface area (Å²) in [6.45, 7) is 8.23. The van der Waals surface area contributed by atoms with Crippen molar-refractivity contribution in [3.8, 4) is 11.5 Å². The normalized spacial score (nSPS) is 13.8. The SMILES string of the molecule is CCCc1cc(O)cc(CCC)c1C1(c2c(CCC)cc(O)cc2CCC)OC(=O)c2c(C(=O)O)cccc21. The zero-order valence-electron chi connectivity index (χ0n) is 23.3. The topological polar surface area (TPSA) is 104 Å². The smallest absolute Gasteiger partial charge is 0.341 e. The van der Waals surface area contributed by atoms with Crippen LogP contribution in [0.2, 0.25) is 0 Å². The van der Waals surface area contributed by atoms with Crippen molar-refractivity contribution in [2.24, 2.45) is 0 Å². The molecule has 0 atom stereocenters. The molecule has 3 N–H and O–H groups in total. The molecule has 3 aromatic carbocycles. The zero-order chi connectivity index (χ0) is 28.3. The maximum atomic E-state index is 13.8. The number of carboxylic acids is 1. The fraction of sp³-hybridized carbons (Fsp3) is 0.394. The highest BCUT2D eigenvalue weighted by molar-refractivity contribution is 6.06. The first-order valence-electron chi connectivity index (χ1n) is 14.0. The number of esters is 1. The maximum Gasteiger partial charge on any atom is 0.341 e. The minimum absolute atomic E-state index is 0.0564. The van der Waals surface area contributed by atoms with Gasteiger partial charge >= 0.3 is 11.9 Å². The van der Waals surface area contributed by atoms with Crippen molar-refractivity contribution in [3.63, 3.8) is 0 Å². The van der Waals surface area contributed by atoms with E-state index in [1.807, 2.05) is 0 Å². The van der Waals surface area contributed by atoms with Gasteiger partial charge in [0.25, 0.3) is 0 Å². The lowest BCUT2D eigenvalue weighted by Crippen LogP contribution is -2.35. The van der Waals surface area contributed by atoms with Crippen LogP contribution < -0.4 is 0 Å². The van der Waals surface area contributed by atoms with Crippen molar-refractivity contribution in [1.29, 1.82) is 0 Å². The second-order valence-corrected chi connectivity index (χ2v) is 10.4. The average molecular weight is 531 g/mol. The molecule has 0 radical (unpaired) electrons. The highest BCUT2D eigenvalue weighted by atomic mass is 16.6. The van der Waals surface area contributed by atoms with Gasteiger partial charge in [-0.3, -0.25) is 0 Å². The summed E-state index contributed by atoms with van der Waals surface area (Å²) in [5.74, 6) is -1.57. The molecule has 3 aromatic rings. The number of ether oxygens (including phenoxy) is 1. The lowest BCUT2D eigenvalue weighted by molar-refractivity contribution is 0.0239. The second kappa shape index (κ2) is 11.5. The first-order valence-corrected chi connectivity index (χ1v) is 14.0. The van der Waals surface area contributed by atoms with E-state index in [9.17, 15) is 24.9 Å². The lowest BCUT2D eigenvalue weighted by Gasteiger charge is -2.37. The molecule has 0 amide bonds. The number of aryl methyl sites for hydroxylation is 4. The quantitative estimate of drug-likeness (QED) is 0.229. The number of hydrogen-bond acceptors (Lipinski definition) is 5. The molecule has 1 heterocycles. The minimum atomic E-state index is -1.43. The number of carbonyl (C=O) groups is 2. The van der Waals surface area contributed by atoms with E-state index >= 15 is 0 Å². The number of benzene rings is 3. The van der Waals surface area contributed by atoms with Crippen molar-refractivity contribution in [2.75, 3.05) is 0 Å². The van der Waals surface area contributed by atoms with Gasteiger partial charge in [0.1, 0.15) is 11.5 Å². The molecule has 1 aliphatic heterocycles. The van der Waals surface area contributed by atoms with Crippen LogP contribution in [0.1, 0.15) is 113 Å². The van der Waals surface area contributed by atoms with E-state index in [2.05, 4.69) is 27.7 Å². The summed E-state index contributed by atoms with van der Waals surface area (Å²) in [7, 11) is 0. The van der Waals surface area contributed by atoms with Crippen LogP contribution in [-0.2, 0) is 36.0 Å². The number of aromatic carboxylic acids is 1.